The lowest BCUT2D eigenvalue weighted by molar-refractivity contribution is 0.657. The van der Waals surface area contributed by atoms with Gasteiger partial charge in [-0.15, -0.1) is 0 Å². The van der Waals surface area contributed by atoms with Gasteiger partial charge in [0.15, 0.2) is 0 Å². The molecule has 0 spiro atoms. The zero-order valence-electron chi connectivity index (χ0n) is 4.65. The molecule has 1 aliphatic heterocycles. The minimum atomic E-state index is 0.412. The van der Waals surface area contributed by atoms with Crippen LogP contribution < -0.4 is 11.1 Å². The molecule has 3 N–H and O–H groups in total. The highest BCUT2D eigenvalue weighted by Crippen LogP contribution is 2.01. The van der Waals surface area contributed by atoms with Crippen molar-refractivity contribution >= 4 is 0 Å². The highest BCUT2D eigenvalue weighted by molar-refractivity contribution is 4.79. The highest BCUT2D eigenvalue weighted by Gasteiger charge is 2.15. The van der Waals surface area contributed by atoms with Crippen molar-refractivity contribution in [2.75, 3.05) is 6.54 Å². The molecule has 0 radical (unpaired) electrons. The van der Waals surface area contributed by atoms with Crippen LogP contribution in [0.5, 0.6) is 0 Å². The number of hydrogen-bond acceptors (Lipinski definition) is 2. The van der Waals surface area contributed by atoms with Crippen LogP contribution in [0.25, 0.3) is 0 Å². The predicted octanol–water partition coefficient (Wildman–Crippen LogP) is -0.305. The number of hydrogen-bond donors (Lipinski definition) is 2. The Bertz CT molecular complexity index is 55.1. The maximum atomic E-state index is 5.56. The van der Waals surface area contributed by atoms with Gasteiger partial charge < -0.3 is 11.1 Å². The molecular formula is C5H12N2. The molecular weight excluding hydrogens is 88.1 g/mol. The fraction of sp³-hybridized carbons (Fsp3) is 1.00. The number of nitrogens with one attached hydrogen (secondary N) is 1. The van der Waals surface area contributed by atoms with Crippen molar-refractivity contribution in [2.45, 2.75) is 25.4 Å². The van der Waals surface area contributed by atoms with E-state index in [-0.39, 0.29) is 0 Å². The first-order valence-corrected chi connectivity index (χ1v) is 2.78. The van der Waals surface area contributed by atoms with E-state index in [4.69, 9.17) is 5.73 Å². The van der Waals surface area contributed by atoms with Gasteiger partial charge in [-0.2, -0.15) is 0 Å². The summed E-state index contributed by atoms with van der Waals surface area (Å²) in [4.78, 5) is 0. The molecule has 0 aliphatic carbocycles. The van der Waals surface area contributed by atoms with Gasteiger partial charge >= 0.3 is 0 Å². The molecule has 1 rings (SSSR count). The minimum Gasteiger partial charge on any atom is -0.326 e. The van der Waals surface area contributed by atoms with Crippen molar-refractivity contribution < 1.29 is 0 Å². The average Bonchev–Trinajstić information content (AvgIpc) is 1.87. The summed E-state index contributed by atoms with van der Waals surface area (Å²) in [6.45, 7) is 3.16. The second-order valence-corrected chi connectivity index (χ2v) is 2.31. The van der Waals surface area contributed by atoms with Crippen molar-refractivity contribution in [3.05, 3.63) is 0 Å². The molecule has 0 bridgehead atoms. The van der Waals surface area contributed by atoms with Crippen molar-refractivity contribution in [1.82, 2.24) is 5.32 Å². The summed E-state index contributed by atoms with van der Waals surface area (Å²) in [6, 6.07) is 1.06. The Hall–Kier alpha value is -0.0800. The lowest BCUT2D eigenvalue weighted by Gasteiger charge is -1.96. The first-order chi connectivity index (χ1) is 3.29. The van der Waals surface area contributed by atoms with Gasteiger partial charge in [0.1, 0.15) is 0 Å². The first-order valence-electron chi connectivity index (χ1n) is 2.78. The molecule has 0 saturated carbocycles. The van der Waals surface area contributed by atoms with Gasteiger partial charge in [-0.05, 0) is 13.3 Å². The van der Waals surface area contributed by atoms with E-state index in [0.717, 1.165) is 13.0 Å². The Morgan fingerprint density at radius 2 is 2.43 bits per heavy atom. The van der Waals surface area contributed by atoms with Gasteiger partial charge in [-0.1, -0.05) is 0 Å². The second-order valence-electron chi connectivity index (χ2n) is 2.31. The quantitative estimate of drug-likeness (QED) is 0.438. The van der Waals surface area contributed by atoms with E-state index in [1.165, 1.54) is 0 Å². The van der Waals surface area contributed by atoms with Crippen LogP contribution in [-0.4, -0.2) is 18.6 Å². The molecule has 1 unspecified atom stereocenters. The van der Waals surface area contributed by atoms with Gasteiger partial charge in [-0.25, -0.2) is 0 Å². The summed E-state index contributed by atoms with van der Waals surface area (Å²) in [7, 11) is 0. The zero-order valence-corrected chi connectivity index (χ0v) is 4.65. The molecule has 1 saturated heterocycles. The SMILES string of the molecule is C[C@@H]1CC(N)CN1. The van der Waals surface area contributed by atoms with Crippen molar-refractivity contribution in [3.8, 4) is 0 Å². The fourth-order valence-corrected chi connectivity index (χ4v) is 0.973. The molecule has 2 heteroatoms. The van der Waals surface area contributed by atoms with Crippen molar-refractivity contribution in [1.29, 1.82) is 0 Å². The number of rotatable bonds is 0. The summed E-state index contributed by atoms with van der Waals surface area (Å²) in [5.74, 6) is 0. The maximum Gasteiger partial charge on any atom is 0.0180 e. The molecule has 1 aliphatic rings. The second kappa shape index (κ2) is 1.80. The minimum absolute atomic E-state index is 0.412. The summed E-state index contributed by atoms with van der Waals surface area (Å²) in [6.07, 6.45) is 1.14. The van der Waals surface area contributed by atoms with Crippen LogP contribution in [0.3, 0.4) is 0 Å². The molecule has 0 aromatic heterocycles. The van der Waals surface area contributed by atoms with Gasteiger partial charge in [0, 0.05) is 18.6 Å². The molecule has 0 aromatic rings. The monoisotopic (exact) mass is 100 g/mol. The third kappa shape index (κ3) is 1.14. The van der Waals surface area contributed by atoms with Crippen LogP contribution in [0, 0.1) is 0 Å². The van der Waals surface area contributed by atoms with Crippen molar-refractivity contribution in [2.24, 2.45) is 5.73 Å². The van der Waals surface area contributed by atoms with Gasteiger partial charge in [0.25, 0.3) is 0 Å². The van der Waals surface area contributed by atoms with E-state index in [1.54, 1.807) is 0 Å². The summed E-state index contributed by atoms with van der Waals surface area (Å²) >= 11 is 0. The largest absolute Gasteiger partial charge is 0.326 e. The Balaban J connectivity index is 2.26. The molecule has 42 valence electrons. The third-order valence-electron chi connectivity index (χ3n) is 1.38. The molecule has 1 heterocycles. The molecule has 0 aromatic carbocycles. The zero-order chi connectivity index (χ0) is 5.28. The Labute approximate surface area is 44.1 Å². The Morgan fingerprint density at radius 3 is 2.57 bits per heavy atom. The van der Waals surface area contributed by atoms with Crippen LogP contribution in [0.4, 0.5) is 0 Å². The molecule has 2 nitrogen and oxygen atoms in total. The van der Waals surface area contributed by atoms with Crippen molar-refractivity contribution in [3.63, 3.8) is 0 Å². The third-order valence-corrected chi connectivity index (χ3v) is 1.38. The summed E-state index contributed by atoms with van der Waals surface area (Å²) in [5, 5.41) is 3.24. The lowest BCUT2D eigenvalue weighted by Crippen LogP contribution is -2.22. The van der Waals surface area contributed by atoms with Gasteiger partial charge in [0.05, 0.1) is 0 Å². The van der Waals surface area contributed by atoms with Crippen LogP contribution in [0.1, 0.15) is 13.3 Å². The highest BCUT2D eigenvalue weighted by atomic mass is 15.0. The van der Waals surface area contributed by atoms with E-state index in [9.17, 15) is 0 Å². The summed E-state index contributed by atoms with van der Waals surface area (Å²) in [5.41, 5.74) is 5.56. The van der Waals surface area contributed by atoms with E-state index in [1.807, 2.05) is 0 Å². The number of nitrogens with two attached hydrogens (primary N) is 1. The van der Waals surface area contributed by atoms with E-state index in [0.29, 0.717) is 12.1 Å². The van der Waals surface area contributed by atoms with Crippen LogP contribution in [0.2, 0.25) is 0 Å². The topological polar surface area (TPSA) is 38.0 Å². The predicted molar refractivity (Wildman–Crippen MR) is 30.1 cm³/mol. The first kappa shape index (κ1) is 5.06. The van der Waals surface area contributed by atoms with Gasteiger partial charge in [0.2, 0.25) is 0 Å². The fourth-order valence-electron chi connectivity index (χ4n) is 0.973. The Morgan fingerprint density at radius 1 is 1.71 bits per heavy atom. The molecule has 0 amide bonds. The van der Waals surface area contributed by atoms with Crippen LogP contribution >= 0.6 is 0 Å². The van der Waals surface area contributed by atoms with Gasteiger partial charge in [-0.3, -0.25) is 0 Å². The maximum absolute atomic E-state index is 5.56. The standard InChI is InChI=1S/C5H12N2/c1-4-2-5(6)3-7-4/h4-5,7H,2-3,6H2,1H3/t4-,5?/m1/s1. The molecule has 1 fully saturated rings. The molecule has 2 atom stereocenters. The molecule has 7 heavy (non-hydrogen) atoms. The smallest absolute Gasteiger partial charge is 0.0180 e. The van der Waals surface area contributed by atoms with Crippen LogP contribution in [0.15, 0.2) is 0 Å². The van der Waals surface area contributed by atoms with E-state index >= 15 is 0 Å². The van der Waals surface area contributed by atoms with E-state index in [2.05, 4.69) is 12.2 Å². The lowest BCUT2D eigenvalue weighted by atomic mass is 10.2. The van der Waals surface area contributed by atoms with Crippen LogP contribution in [-0.2, 0) is 0 Å². The normalized spacial score (nSPS) is 42.0. The Kier molecular flexibility index (Phi) is 1.30. The average molecular weight is 100 g/mol. The van der Waals surface area contributed by atoms with E-state index < -0.39 is 0 Å². The summed E-state index contributed by atoms with van der Waals surface area (Å²) < 4.78 is 0.